The van der Waals surface area contributed by atoms with Gasteiger partial charge in [0.25, 0.3) is 0 Å². The van der Waals surface area contributed by atoms with Crippen LogP contribution >= 0.6 is 0 Å². The van der Waals surface area contributed by atoms with Crippen molar-refractivity contribution in [2.24, 2.45) is 10.8 Å². The second-order valence-corrected chi connectivity index (χ2v) is 8.23. The minimum Gasteiger partial charge on any atom is -0.299 e. The van der Waals surface area contributed by atoms with Crippen LogP contribution in [0.15, 0.2) is 66.3 Å². The van der Waals surface area contributed by atoms with Crippen molar-refractivity contribution in [2.75, 3.05) is 0 Å². The molecule has 3 unspecified atom stereocenters. The minimum atomic E-state index is -0.451. The van der Waals surface area contributed by atoms with Crippen LogP contribution in [0.3, 0.4) is 0 Å². The van der Waals surface area contributed by atoms with Crippen molar-refractivity contribution in [1.29, 1.82) is 0 Å². The number of halogens is 2. The Bertz CT molecular complexity index is 939. The number of rotatable bonds is 3. The summed E-state index contributed by atoms with van der Waals surface area (Å²) >= 11 is 0. The van der Waals surface area contributed by atoms with E-state index in [2.05, 4.69) is 13.0 Å². The lowest BCUT2D eigenvalue weighted by atomic mass is 9.59. The van der Waals surface area contributed by atoms with E-state index in [1.165, 1.54) is 24.3 Å². The maximum atomic E-state index is 13.4. The number of benzene rings is 2. The Labute approximate surface area is 158 Å². The first-order valence-corrected chi connectivity index (χ1v) is 9.26. The van der Waals surface area contributed by atoms with E-state index in [0.717, 1.165) is 23.1 Å². The molecule has 138 valence electrons. The van der Waals surface area contributed by atoms with E-state index in [-0.39, 0.29) is 28.8 Å². The topological polar surface area (TPSA) is 17.1 Å². The van der Waals surface area contributed by atoms with Gasteiger partial charge in [-0.25, -0.2) is 8.78 Å². The lowest BCUT2D eigenvalue weighted by molar-refractivity contribution is -0.130. The van der Waals surface area contributed by atoms with Crippen LogP contribution in [0.4, 0.5) is 8.78 Å². The molecule has 2 aromatic carbocycles. The summed E-state index contributed by atoms with van der Waals surface area (Å²) in [5.41, 5.74) is 2.38. The van der Waals surface area contributed by atoms with Gasteiger partial charge in [-0.2, -0.15) is 0 Å². The third kappa shape index (κ3) is 3.05. The lowest BCUT2D eigenvalue weighted by Crippen LogP contribution is -2.39. The van der Waals surface area contributed by atoms with Gasteiger partial charge in [-0.05, 0) is 54.3 Å². The fourth-order valence-electron chi connectivity index (χ4n) is 4.75. The molecule has 0 N–H and O–H groups in total. The number of ketones is 1. The highest BCUT2D eigenvalue weighted by Gasteiger charge is 2.55. The van der Waals surface area contributed by atoms with Crippen LogP contribution in [0, 0.1) is 22.5 Å². The number of fused-ring (bicyclic) bond motifs is 2. The predicted octanol–water partition coefficient (Wildman–Crippen LogP) is 6.08. The third-order valence-corrected chi connectivity index (χ3v) is 6.26. The van der Waals surface area contributed by atoms with Gasteiger partial charge < -0.3 is 0 Å². The van der Waals surface area contributed by atoms with E-state index in [9.17, 15) is 13.6 Å². The number of hydrogen-bond donors (Lipinski definition) is 0. The van der Waals surface area contributed by atoms with Gasteiger partial charge in [0.05, 0.1) is 0 Å². The molecule has 2 aliphatic rings. The molecule has 0 spiro atoms. The normalized spacial score (nSPS) is 30.0. The Kier molecular flexibility index (Phi) is 4.14. The number of carbonyl (C=O) groups excluding carboxylic acids is 1. The summed E-state index contributed by atoms with van der Waals surface area (Å²) in [6.45, 7) is 4.20. The van der Waals surface area contributed by atoms with Crippen molar-refractivity contribution in [3.05, 3.63) is 89.0 Å². The standard InChI is InChI=1S/C24H22F2O/c1-23-14-18(8-3-16-4-9-19(25)10-5-16)24(2,15-23)21(13-22(23)27)17-6-11-20(26)12-7-17/h3-12,14,21H,13,15H2,1-2H3/b8-3+. The molecule has 0 saturated heterocycles. The Morgan fingerprint density at radius 1 is 0.926 bits per heavy atom. The second kappa shape index (κ2) is 6.26. The van der Waals surface area contributed by atoms with Crippen LogP contribution in [0.2, 0.25) is 0 Å². The van der Waals surface area contributed by atoms with Crippen LogP contribution in [0.25, 0.3) is 6.08 Å². The summed E-state index contributed by atoms with van der Waals surface area (Å²) in [6, 6.07) is 12.9. The molecule has 0 aliphatic heterocycles. The molecule has 3 heteroatoms. The molecule has 1 saturated carbocycles. The van der Waals surface area contributed by atoms with E-state index >= 15 is 0 Å². The highest BCUT2D eigenvalue weighted by Crippen LogP contribution is 2.61. The Morgan fingerprint density at radius 3 is 2.15 bits per heavy atom. The average Bonchev–Trinajstić information content (AvgIpc) is 2.88. The molecule has 2 aliphatic carbocycles. The van der Waals surface area contributed by atoms with Gasteiger partial charge in [-0.1, -0.05) is 49.4 Å². The quantitative estimate of drug-likeness (QED) is 0.645. The molecule has 2 bridgehead atoms. The smallest absolute Gasteiger partial charge is 0.143 e. The first-order chi connectivity index (χ1) is 12.8. The van der Waals surface area contributed by atoms with Crippen molar-refractivity contribution >= 4 is 11.9 Å². The van der Waals surface area contributed by atoms with Crippen molar-refractivity contribution < 1.29 is 13.6 Å². The number of Topliss-reactive ketones (excluding diaryl/α,β-unsaturated/α-hetero) is 1. The van der Waals surface area contributed by atoms with E-state index in [4.69, 9.17) is 0 Å². The third-order valence-electron chi connectivity index (χ3n) is 6.26. The monoisotopic (exact) mass is 364 g/mol. The Hall–Kier alpha value is -2.55. The second-order valence-electron chi connectivity index (χ2n) is 8.23. The van der Waals surface area contributed by atoms with E-state index in [1.54, 1.807) is 24.3 Å². The average molecular weight is 364 g/mol. The van der Waals surface area contributed by atoms with Gasteiger partial charge in [0.15, 0.2) is 0 Å². The fraction of sp³-hybridized carbons (Fsp3) is 0.292. The van der Waals surface area contributed by atoms with Gasteiger partial charge in [-0.15, -0.1) is 0 Å². The highest BCUT2D eigenvalue weighted by molar-refractivity contribution is 5.90. The zero-order chi connectivity index (χ0) is 19.2. The molecule has 0 aromatic heterocycles. The van der Waals surface area contributed by atoms with Crippen LogP contribution < -0.4 is 0 Å². The van der Waals surface area contributed by atoms with Gasteiger partial charge in [0, 0.05) is 23.2 Å². The molecule has 3 atom stereocenters. The zero-order valence-electron chi connectivity index (χ0n) is 15.5. The molecular formula is C24H22F2O. The molecule has 27 heavy (non-hydrogen) atoms. The van der Waals surface area contributed by atoms with Crippen molar-refractivity contribution in [1.82, 2.24) is 0 Å². The molecule has 0 heterocycles. The Morgan fingerprint density at radius 2 is 1.52 bits per heavy atom. The summed E-state index contributed by atoms with van der Waals surface area (Å²) in [5, 5.41) is 0. The lowest BCUT2D eigenvalue weighted by Gasteiger charge is -2.43. The predicted molar refractivity (Wildman–Crippen MR) is 103 cm³/mol. The summed E-state index contributed by atoms with van der Waals surface area (Å²) in [4.78, 5) is 12.8. The van der Waals surface area contributed by atoms with E-state index < -0.39 is 5.41 Å². The molecule has 1 nitrogen and oxygen atoms in total. The van der Waals surface area contributed by atoms with Crippen molar-refractivity contribution in [3.8, 4) is 0 Å². The Balaban J connectivity index is 1.72. The zero-order valence-corrected chi connectivity index (χ0v) is 15.5. The van der Waals surface area contributed by atoms with Gasteiger partial charge in [0.2, 0.25) is 0 Å². The van der Waals surface area contributed by atoms with Crippen LogP contribution in [-0.4, -0.2) is 5.78 Å². The first-order valence-electron chi connectivity index (χ1n) is 9.26. The fourth-order valence-corrected chi connectivity index (χ4v) is 4.75. The molecular weight excluding hydrogens is 342 g/mol. The van der Waals surface area contributed by atoms with Gasteiger partial charge >= 0.3 is 0 Å². The van der Waals surface area contributed by atoms with Crippen molar-refractivity contribution in [2.45, 2.75) is 32.6 Å². The molecule has 1 fully saturated rings. The van der Waals surface area contributed by atoms with Gasteiger partial charge in [-0.3, -0.25) is 4.79 Å². The maximum absolute atomic E-state index is 13.4. The maximum Gasteiger partial charge on any atom is 0.143 e. The van der Waals surface area contributed by atoms with Crippen LogP contribution in [0.1, 0.15) is 43.7 Å². The summed E-state index contributed by atoms with van der Waals surface area (Å²) < 4.78 is 26.5. The largest absolute Gasteiger partial charge is 0.299 e. The molecule has 4 rings (SSSR count). The minimum absolute atomic E-state index is 0.0188. The summed E-state index contributed by atoms with van der Waals surface area (Å²) in [6.07, 6.45) is 7.33. The number of hydrogen-bond acceptors (Lipinski definition) is 1. The molecule has 0 amide bonds. The van der Waals surface area contributed by atoms with E-state index in [0.29, 0.717) is 6.42 Å². The van der Waals surface area contributed by atoms with Crippen LogP contribution in [0.5, 0.6) is 0 Å². The number of allylic oxidation sites excluding steroid dienone is 3. The first kappa shape index (κ1) is 17.8. The van der Waals surface area contributed by atoms with Crippen LogP contribution in [-0.2, 0) is 4.79 Å². The number of carbonyl (C=O) groups is 1. The van der Waals surface area contributed by atoms with Gasteiger partial charge in [0.1, 0.15) is 17.4 Å². The van der Waals surface area contributed by atoms with E-state index in [1.807, 2.05) is 19.1 Å². The highest BCUT2D eigenvalue weighted by atomic mass is 19.1. The summed E-state index contributed by atoms with van der Waals surface area (Å²) in [7, 11) is 0. The van der Waals surface area contributed by atoms with Crippen molar-refractivity contribution in [3.63, 3.8) is 0 Å². The molecule has 0 radical (unpaired) electrons. The summed E-state index contributed by atoms with van der Waals surface area (Å²) in [5.74, 6) is -0.274. The SMILES string of the molecule is CC12C=C(/C=C/c3ccc(F)cc3)C(C)(C1)C(c1ccc(F)cc1)CC2=O. The molecule has 2 aromatic rings.